The molecule has 1 aromatic carbocycles. The number of nitrogens with zero attached hydrogens (tertiary/aromatic N) is 3. The van der Waals surface area contributed by atoms with E-state index < -0.39 is 18.1 Å². The lowest BCUT2D eigenvalue weighted by Crippen LogP contribution is -2.44. The second kappa shape index (κ2) is 10.2. The number of aromatic nitrogens is 3. The van der Waals surface area contributed by atoms with Gasteiger partial charge in [0, 0.05) is 25.1 Å². The molecule has 3 heterocycles. The Bertz CT molecular complexity index is 1150. The minimum absolute atomic E-state index is 0.00649. The third-order valence-corrected chi connectivity index (χ3v) is 7.51. The number of hydrogen-bond acceptors (Lipinski definition) is 6. The average Bonchev–Trinajstić information content (AvgIpc) is 3.52. The number of thiazole rings is 1. The van der Waals surface area contributed by atoms with Crippen LogP contribution in [0.4, 0.5) is 0 Å². The molecule has 3 aromatic rings. The monoisotopic (exact) mass is 480 g/mol. The van der Waals surface area contributed by atoms with Crippen LogP contribution in [-0.4, -0.2) is 55.6 Å². The summed E-state index contributed by atoms with van der Waals surface area (Å²) >= 11 is 1.62. The number of hydrogen-bond donors (Lipinski definition) is 2. The summed E-state index contributed by atoms with van der Waals surface area (Å²) in [4.78, 5) is 33.7. The van der Waals surface area contributed by atoms with Gasteiger partial charge in [0.2, 0.25) is 5.91 Å². The van der Waals surface area contributed by atoms with Gasteiger partial charge in [-0.2, -0.15) is 5.10 Å². The highest BCUT2D eigenvalue weighted by atomic mass is 32.1. The first-order valence-corrected chi connectivity index (χ1v) is 12.6. The smallest absolute Gasteiger partial charge is 0.232 e. The van der Waals surface area contributed by atoms with Crippen LogP contribution >= 0.6 is 11.3 Å². The number of carbonyl (C=O) groups is 2. The van der Waals surface area contributed by atoms with Crippen LogP contribution in [0.15, 0.2) is 35.8 Å². The molecule has 0 aliphatic carbocycles. The Kier molecular flexibility index (Phi) is 7.28. The molecule has 8 heteroatoms. The fraction of sp³-hybridized carbons (Fsp3) is 0.462. The van der Waals surface area contributed by atoms with Gasteiger partial charge in [-0.15, -0.1) is 11.3 Å². The van der Waals surface area contributed by atoms with E-state index in [2.05, 4.69) is 27.3 Å². The van der Waals surface area contributed by atoms with E-state index in [0.29, 0.717) is 25.0 Å². The molecule has 2 N–H and O–H groups in total. The van der Waals surface area contributed by atoms with Crippen LogP contribution in [0.5, 0.6) is 0 Å². The molecule has 1 saturated heterocycles. The molecular weight excluding hydrogens is 448 g/mol. The minimum atomic E-state index is -0.687. The highest BCUT2D eigenvalue weighted by Crippen LogP contribution is 2.31. The number of aliphatic hydroxyl groups is 1. The number of carbonyl (C=O) groups excluding carboxylic acids is 2. The van der Waals surface area contributed by atoms with Crippen LogP contribution in [0.1, 0.15) is 55.3 Å². The molecule has 7 nitrogen and oxygen atoms in total. The van der Waals surface area contributed by atoms with Crippen molar-refractivity contribution in [2.75, 3.05) is 6.54 Å². The average molecular weight is 481 g/mol. The van der Waals surface area contributed by atoms with Gasteiger partial charge in [-0.1, -0.05) is 38.1 Å². The summed E-state index contributed by atoms with van der Waals surface area (Å²) in [5.74, 6) is -0.577. The van der Waals surface area contributed by atoms with Gasteiger partial charge in [-0.25, -0.2) is 4.98 Å². The molecule has 1 fully saturated rings. The number of rotatable bonds is 8. The number of benzene rings is 1. The summed E-state index contributed by atoms with van der Waals surface area (Å²) in [7, 11) is 0. The summed E-state index contributed by atoms with van der Waals surface area (Å²) in [5, 5.41) is 17.5. The van der Waals surface area contributed by atoms with E-state index in [9.17, 15) is 14.7 Å². The lowest BCUT2D eigenvalue weighted by molar-refractivity contribution is -0.139. The van der Waals surface area contributed by atoms with E-state index in [0.717, 1.165) is 27.4 Å². The van der Waals surface area contributed by atoms with Crippen LogP contribution in [-0.2, 0) is 16.0 Å². The number of aromatic amines is 1. The third-order valence-electron chi connectivity index (χ3n) is 6.53. The zero-order valence-corrected chi connectivity index (χ0v) is 20.9. The Hall–Kier alpha value is -2.84. The number of β-amino-alcohol motifs (C(OH)–C–C–N with tert-alkyl or cyclic N) is 1. The normalized spacial score (nSPS) is 19.1. The number of nitrogens with one attached hydrogen (secondary N) is 1. The van der Waals surface area contributed by atoms with Crippen molar-refractivity contribution < 1.29 is 14.7 Å². The van der Waals surface area contributed by atoms with E-state index in [4.69, 9.17) is 0 Å². The maximum absolute atomic E-state index is 13.5. The van der Waals surface area contributed by atoms with Crippen LogP contribution in [0.25, 0.3) is 10.4 Å². The van der Waals surface area contributed by atoms with Gasteiger partial charge in [0.15, 0.2) is 5.78 Å². The number of aryl methyl sites for hydroxylation is 3. The van der Waals surface area contributed by atoms with Gasteiger partial charge in [0.25, 0.3) is 0 Å². The maximum atomic E-state index is 13.5. The van der Waals surface area contributed by atoms with Crippen molar-refractivity contribution in [3.05, 3.63) is 58.5 Å². The number of likely N-dealkylation sites (tertiary alicyclic amines) is 1. The summed E-state index contributed by atoms with van der Waals surface area (Å²) in [6, 6.07) is 9.50. The Morgan fingerprint density at radius 2 is 1.97 bits per heavy atom. The van der Waals surface area contributed by atoms with Crippen molar-refractivity contribution in [1.82, 2.24) is 20.1 Å². The van der Waals surface area contributed by atoms with Gasteiger partial charge >= 0.3 is 0 Å². The molecular formula is C26H32N4O3S. The Morgan fingerprint density at radius 3 is 2.56 bits per heavy atom. The van der Waals surface area contributed by atoms with E-state index in [1.54, 1.807) is 16.2 Å². The quantitative estimate of drug-likeness (QED) is 0.507. The van der Waals surface area contributed by atoms with Crippen LogP contribution in [0.3, 0.4) is 0 Å². The molecule has 180 valence electrons. The molecule has 0 saturated carbocycles. The van der Waals surface area contributed by atoms with E-state index in [-0.39, 0.29) is 24.2 Å². The zero-order valence-electron chi connectivity index (χ0n) is 20.1. The van der Waals surface area contributed by atoms with Crippen molar-refractivity contribution in [3.63, 3.8) is 0 Å². The Morgan fingerprint density at radius 1 is 1.24 bits per heavy atom. The first kappa shape index (κ1) is 24.3. The van der Waals surface area contributed by atoms with Crippen molar-refractivity contribution in [2.45, 2.75) is 65.0 Å². The van der Waals surface area contributed by atoms with Crippen molar-refractivity contribution >= 4 is 23.0 Å². The van der Waals surface area contributed by atoms with Gasteiger partial charge in [-0.05, 0) is 43.4 Å². The number of amides is 1. The third kappa shape index (κ3) is 5.13. The first-order chi connectivity index (χ1) is 16.2. The number of ketones is 1. The molecule has 3 atom stereocenters. The predicted molar refractivity (Wildman–Crippen MR) is 133 cm³/mol. The molecule has 1 amide bonds. The fourth-order valence-corrected chi connectivity index (χ4v) is 5.54. The van der Waals surface area contributed by atoms with Gasteiger partial charge in [0.05, 0.1) is 39.8 Å². The number of Topliss-reactive ketones (excluding diaryl/α,β-unsaturated/α-hetero) is 1. The lowest BCUT2D eigenvalue weighted by Gasteiger charge is -2.29. The maximum Gasteiger partial charge on any atom is 0.232 e. The predicted octanol–water partition coefficient (Wildman–Crippen LogP) is 4.05. The molecule has 1 aliphatic heterocycles. The minimum Gasteiger partial charge on any atom is -0.391 e. The van der Waals surface area contributed by atoms with E-state index in [1.807, 2.05) is 51.4 Å². The molecule has 2 aromatic heterocycles. The molecule has 0 radical (unpaired) electrons. The largest absolute Gasteiger partial charge is 0.391 e. The van der Waals surface area contributed by atoms with Gasteiger partial charge in [-0.3, -0.25) is 14.7 Å². The summed E-state index contributed by atoms with van der Waals surface area (Å²) in [6.07, 6.45) is 0.530. The highest BCUT2D eigenvalue weighted by Gasteiger charge is 2.42. The zero-order chi connectivity index (χ0) is 24.4. The van der Waals surface area contributed by atoms with E-state index >= 15 is 0 Å². The molecule has 0 unspecified atom stereocenters. The standard InChI is InChI=1S/C26H32N4O3S/c1-15(2)24(21-11-16(3)28-29-21)26(33)30-13-20(31)12-22(30)23(32)10-7-18-5-8-19(9-6-18)25-17(4)27-14-34-25/h5-6,8-9,11,14-15,20,22,24,31H,7,10,12-13H2,1-4H3,(H,28,29)/t20-,22+,24-/m1/s1. The molecule has 4 rings (SSSR count). The fourth-order valence-electron chi connectivity index (χ4n) is 4.73. The Labute approximate surface area is 204 Å². The number of aliphatic hydroxyl groups excluding tert-OH is 1. The van der Waals surface area contributed by atoms with Crippen molar-refractivity contribution in [3.8, 4) is 10.4 Å². The molecule has 34 heavy (non-hydrogen) atoms. The summed E-state index contributed by atoms with van der Waals surface area (Å²) in [5.41, 5.74) is 6.63. The molecule has 0 spiro atoms. The van der Waals surface area contributed by atoms with E-state index in [1.165, 1.54) is 0 Å². The van der Waals surface area contributed by atoms with Crippen LogP contribution in [0.2, 0.25) is 0 Å². The molecule has 0 bridgehead atoms. The molecule has 1 aliphatic rings. The Balaban J connectivity index is 1.43. The van der Waals surface area contributed by atoms with Gasteiger partial charge in [0.1, 0.15) is 0 Å². The first-order valence-electron chi connectivity index (χ1n) is 11.8. The van der Waals surface area contributed by atoms with Gasteiger partial charge < -0.3 is 10.0 Å². The van der Waals surface area contributed by atoms with Crippen molar-refractivity contribution in [1.29, 1.82) is 0 Å². The van der Waals surface area contributed by atoms with Crippen LogP contribution < -0.4 is 0 Å². The summed E-state index contributed by atoms with van der Waals surface area (Å²) in [6.45, 7) is 8.04. The van der Waals surface area contributed by atoms with Crippen molar-refractivity contribution in [2.24, 2.45) is 5.92 Å². The second-order valence-corrected chi connectivity index (χ2v) is 10.4. The topological polar surface area (TPSA) is 99.2 Å². The number of H-pyrrole nitrogens is 1. The SMILES string of the molecule is Cc1cc([C@H](C(=O)N2C[C@H](O)C[C@H]2C(=O)CCc2ccc(-c3scnc3C)cc2)C(C)C)n[nH]1. The highest BCUT2D eigenvalue weighted by molar-refractivity contribution is 7.13. The summed E-state index contributed by atoms with van der Waals surface area (Å²) < 4.78 is 0. The lowest BCUT2D eigenvalue weighted by atomic mass is 9.90. The van der Waals surface area contributed by atoms with Crippen LogP contribution in [0, 0.1) is 19.8 Å². The second-order valence-electron chi connectivity index (χ2n) is 9.52.